The van der Waals surface area contributed by atoms with E-state index in [9.17, 15) is 4.79 Å². The number of amides is 1. The van der Waals surface area contributed by atoms with E-state index in [0.29, 0.717) is 22.7 Å². The van der Waals surface area contributed by atoms with Gasteiger partial charge >= 0.3 is 0 Å². The molecule has 0 radical (unpaired) electrons. The first-order valence-corrected chi connectivity index (χ1v) is 7.57. The number of anilines is 1. The average Bonchev–Trinajstić information content (AvgIpc) is 2.54. The number of carbonyl (C=O) groups is 1. The molecule has 0 fully saturated rings. The fourth-order valence-corrected chi connectivity index (χ4v) is 2.23. The van der Waals surface area contributed by atoms with Gasteiger partial charge in [0.25, 0.3) is 5.91 Å². The van der Waals surface area contributed by atoms with E-state index in [1.54, 1.807) is 56.3 Å². The minimum atomic E-state index is -0.169. The van der Waals surface area contributed by atoms with Gasteiger partial charge in [0, 0.05) is 34.3 Å². The minimum Gasteiger partial charge on any atom is -0.497 e. The Kier molecular flexibility index (Phi) is 5.11. The fraction of sp³-hybridized carbons (Fsp3) is 0.188. The third-order valence-electron chi connectivity index (χ3n) is 2.96. The van der Waals surface area contributed by atoms with Gasteiger partial charge in [0.1, 0.15) is 11.5 Å². The van der Waals surface area contributed by atoms with E-state index < -0.39 is 0 Å². The Morgan fingerprint density at radius 1 is 1.00 bits per heavy atom. The van der Waals surface area contributed by atoms with Gasteiger partial charge in [0.05, 0.1) is 14.2 Å². The zero-order valence-electron chi connectivity index (χ0n) is 12.2. The summed E-state index contributed by atoms with van der Waals surface area (Å²) in [5.41, 5.74) is 1.24. The third kappa shape index (κ3) is 3.92. The number of rotatable bonds is 5. The summed E-state index contributed by atoms with van der Waals surface area (Å²) in [4.78, 5) is 13.3. The maximum absolute atomic E-state index is 12.2. The second-order valence-corrected chi connectivity index (χ2v) is 5.16. The van der Waals surface area contributed by atoms with Crippen LogP contribution in [0.4, 0.5) is 5.69 Å². The van der Waals surface area contributed by atoms with Crippen LogP contribution in [0.25, 0.3) is 0 Å². The van der Waals surface area contributed by atoms with Gasteiger partial charge in [-0.25, -0.2) is 0 Å². The second kappa shape index (κ2) is 7.04. The van der Waals surface area contributed by atoms with Crippen molar-refractivity contribution in [3.63, 3.8) is 0 Å². The molecule has 0 heterocycles. The summed E-state index contributed by atoms with van der Waals surface area (Å²) in [5.74, 6) is 1.09. The number of carbonyl (C=O) groups excluding carboxylic acids is 1. The molecule has 0 atom stereocenters. The topological polar surface area (TPSA) is 47.6 Å². The summed E-state index contributed by atoms with van der Waals surface area (Å²) in [5, 5.41) is 2.84. The molecule has 2 aromatic rings. The molecule has 0 aliphatic carbocycles. The van der Waals surface area contributed by atoms with Crippen molar-refractivity contribution >= 4 is 23.4 Å². The summed E-state index contributed by atoms with van der Waals surface area (Å²) in [6.45, 7) is 0. The SMILES string of the molecule is COc1cc(NC(=O)c2ccc(SC)cc2)cc(OC)c1. The van der Waals surface area contributed by atoms with Gasteiger partial charge in [0.2, 0.25) is 0 Å². The van der Waals surface area contributed by atoms with Crippen LogP contribution >= 0.6 is 11.8 Å². The number of thioether (sulfide) groups is 1. The maximum atomic E-state index is 12.2. The van der Waals surface area contributed by atoms with Crippen LogP contribution in [0, 0.1) is 0 Å². The van der Waals surface area contributed by atoms with Crippen LogP contribution in [0.3, 0.4) is 0 Å². The molecule has 0 spiro atoms. The molecule has 1 amide bonds. The molecule has 4 nitrogen and oxygen atoms in total. The molecule has 5 heteroatoms. The molecule has 0 aromatic heterocycles. The molecular weight excluding hydrogens is 286 g/mol. The highest BCUT2D eigenvalue weighted by molar-refractivity contribution is 7.98. The quantitative estimate of drug-likeness (QED) is 0.856. The van der Waals surface area contributed by atoms with Crippen LogP contribution in [0.1, 0.15) is 10.4 Å². The number of ether oxygens (including phenoxy) is 2. The third-order valence-corrected chi connectivity index (χ3v) is 3.71. The highest BCUT2D eigenvalue weighted by Crippen LogP contribution is 2.26. The molecule has 0 aliphatic heterocycles. The average molecular weight is 303 g/mol. The van der Waals surface area contributed by atoms with Crippen LogP contribution in [-0.2, 0) is 0 Å². The molecule has 0 saturated heterocycles. The van der Waals surface area contributed by atoms with Crippen LogP contribution in [0.2, 0.25) is 0 Å². The van der Waals surface area contributed by atoms with Crippen molar-refractivity contribution in [3.8, 4) is 11.5 Å². The van der Waals surface area contributed by atoms with Crippen molar-refractivity contribution in [2.45, 2.75) is 4.90 Å². The highest BCUT2D eigenvalue weighted by atomic mass is 32.2. The van der Waals surface area contributed by atoms with E-state index in [0.717, 1.165) is 4.90 Å². The smallest absolute Gasteiger partial charge is 0.255 e. The van der Waals surface area contributed by atoms with Gasteiger partial charge in [-0.3, -0.25) is 4.79 Å². The molecule has 0 aliphatic rings. The van der Waals surface area contributed by atoms with Crippen molar-refractivity contribution in [1.82, 2.24) is 0 Å². The largest absolute Gasteiger partial charge is 0.497 e. The molecule has 21 heavy (non-hydrogen) atoms. The summed E-state index contributed by atoms with van der Waals surface area (Å²) in [6.07, 6.45) is 2.00. The standard InChI is InChI=1S/C16H17NO3S/c1-19-13-8-12(9-14(10-13)20-2)17-16(18)11-4-6-15(21-3)7-5-11/h4-10H,1-3H3,(H,17,18). The zero-order valence-corrected chi connectivity index (χ0v) is 13.0. The van der Waals surface area contributed by atoms with Crippen LogP contribution in [0.15, 0.2) is 47.4 Å². The molecule has 0 unspecified atom stereocenters. The van der Waals surface area contributed by atoms with E-state index in [4.69, 9.17) is 9.47 Å². The Hall–Kier alpha value is -2.14. The number of nitrogens with one attached hydrogen (secondary N) is 1. The van der Waals surface area contributed by atoms with E-state index in [1.807, 2.05) is 18.4 Å². The lowest BCUT2D eigenvalue weighted by molar-refractivity contribution is 0.102. The minimum absolute atomic E-state index is 0.169. The monoisotopic (exact) mass is 303 g/mol. The van der Waals surface area contributed by atoms with Crippen molar-refractivity contribution < 1.29 is 14.3 Å². The first-order valence-electron chi connectivity index (χ1n) is 6.34. The molecule has 1 N–H and O–H groups in total. The van der Waals surface area contributed by atoms with Crippen molar-refractivity contribution in [3.05, 3.63) is 48.0 Å². The Bertz CT molecular complexity index is 604. The van der Waals surface area contributed by atoms with Crippen molar-refractivity contribution in [1.29, 1.82) is 0 Å². The Labute approximate surface area is 128 Å². The lowest BCUT2D eigenvalue weighted by atomic mass is 10.2. The fourth-order valence-electron chi connectivity index (χ4n) is 1.83. The van der Waals surface area contributed by atoms with Crippen LogP contribution in [-0.4, -0.2) is 26.4 Å². The highest BCUT2D eigenvalue weighted by Gasteiger charge is 2.08. The van der Waals surface area contributed by atoms with E-state index in [1.165, 1.54) is 0 Å². The number of benzene rings is 2. The van der Waals surface area contributed by atoms with E-state index >= 15 is 0 Å². The van der Waals surface area contributed by atoms with Gasteiger partial charge in [-0.15, -0.1) is 11.8 Å². The van der Waals surface area contributed by atoms with Crippen LogP contribution < -0.4 is 14.8 Å². The van der Waals surface area contributed by atoms with Gasteiger partial charge < -0.3 is 14.8 Å². The Morgan fingerprint density at radius 3 is 2.05 bits per heavy atom. The maximum Gasteiger partial charge on any atom is 0.255 e. The molecule has 0 bridgehead atoms. The number of hydrogen-bond donors (Lipinski definition) is 1. The first-order chi connectivity index (χ1) is 10.2. The Balaban J connectivity index is 2.18. The van der Waals surface area contributed by atoms with Gasteiger partial charge in [-0.1, -0.05) is 0 Å². The van der Waals surface area contributed by atoms with E-state index in [2.05, 4.69) is 5.32 Å². The van der Waals surface area contributed by atoms with Crippen molar-refractivity contribution in [2.24, 2.45) is 0 Å². The Morgan fingerprint density at radius 2 is 1.57 bits per heavy atom. The molecule has 2 aromatic carbocycles. The summed E-state index contributed by atoms with van der Waals surface area (Å²) in [7, 11) is 3.14. The molecule has 2 rings (SSSR count). The predicted octanol–water partition coefficient (Wildman–Crippen LogP) is 3.68. The summed E-state index contributed by atoms with van der Waals surface area (Å²) < 4.78 is 10.4. The molecule has 0 saturated carbocycles. The second-order valence-electron chi connectivity index (χ2n) is 4.28. The molecule has 110 valence electrons. The van der Waals surface area contributed by atoms with Gasteiger partial charge in [0.15, 0.2) is 0 Å². The van der Waals surface area contributed by atoms with Gasteiger partial charge in [-0.2, -0.15) is 0 Å². The lowest BCUT2D eigenvalue weighted by Gasteiger charge is -2.10. The summed E-state index contributed by atoms with van der Waals surface area (Å²) >= 11 is 1.64. The summed E-state index contributed by atoms with van der Waals surface area (Å²) in [6, 6.07) is 12.7. The van der Waals surface area contributed by atoms with Crippen molar-refractivity contribution in [2.75, 3.05) is 25.8 Å². The lowest BCUT2D eigenvalue weighted by Crippen LogP contribution is -2.11. The van der Waals surface area contributed by atoms with Gasteiger partial charge in [-0.05, 0) is 30.5 Å². The zero-order chi connectivity index (χ0) is 15.2. The van der Waals surface area contributed by atoms with Crippen LogP contribution in [0.5, 0.6) is 11.5 Å². The van der Waals surface area contributed by atoms with E-state index in [-0.39, 0.29) is 5.91 Å². The first kappa shape index (κ1) is 15.3. The molecular formula is C16H17NO3S. The number of methoxy groups -OCH3 is 2. The predicted molar refractivity (Wildman–Crippen MR) is 85.7 cm³/mol. The number of hydrogen-bond acceptors (Lipinski definition) is 4. The normalized spacial score (nSPS) is 10.0.